The van der Waals surface area contributed by atoms with Crippen LogP contribution < -0.4 is 5.32 Å². The fourth-order valence-electron chi connectivity index (χ4n) is 3.90. The summed E-state index contributed by atoms with van der Waals surface area (Å²) in [6, 6.07) is -0.868. The van der Waals surface area contributed by atoms with Gasteiger partial charge in [-0.15, -0.1) is 0 Å². The minimum Gasteiger partial charge on any atom is -0.481 e. The molecule has 0 aromatic rings. The quantitative estimate of drug-likeness (QED) is 0.412. The number of aliphatic hydroxyl groups excluding tert-OH is 1. The zero-order chi connectivity index (χ0) is 18.2. The second-order valence-corrected chi connectivity index (χ2v) is 7.25. The van der Waals surface area contributed by atoms with Crippen LogP contribution in [0, 0.1) is 5.92 Å². The number of urea groups is 1. The normalized spacial score (nSPS) is 22.9. The number of carbonyl (C=O) groups is 3. The van der Waals surface area contributed by atoms with Crippen LogP contribution in [-0.4, -0.2) is 51.7 Å². The van der Waals surface area contributed by atoms with Crippen LogP contribution in [0.15, 0.2) is 0 Å². The summed E-state index contributed by atoms with van der Waals surface area (Å²) in [7, 11) is 0. The number of carboxylic acids is 1. The fourth-order valence-corrected chi connectivity index (χ4v) is 3.90. The van der Waals surface area contributed by atoms with E-state index in [1.54, 1.807) is 0 Å². The minimum atomic E-state index is -0.813. The molecule has 25 heavy (non-hydrogen) atoms. The fraction of sp³-hybridized carbons (Fsp3) is 0.833. The highest BCUT2D eigenvalue weighted by Crippen LogP contribution is 2.28. The minimum absolute atomic E-state index is 0.132. The van der Waals surface area contributed by atoms with Crippen molar-refractivity contribution in [3.8, 4) is 0 Å². The maximum Gasteiger partial charge on any atom is 0.324 e. The maximum atomic E-state index is 12.0. The van der Waals surface area contributed by atoms with Crippen LogP contribution in [0.3, 0.4) is 0 Å². The Morgan fingerprint density at radius 1 is 1.16 bits per heavy atom. The number of unbranched alkanes of at least 4 members (excludes halogenated alkanes) is 2. The smallest absolute Gasteiger partial charge is 0.324 e. The molecule has 1 aliphatic heterocycles. The monoisotopic (exact) mass is 354 g/mol. The van der Waals surface area contributed by atoms with Crippen LogP contribution in [0.1, 0.15) is 70.6 Å². The van der Waals surface area contributed by atoms with E-state index < -0.39 is 18.1 Å². The molecule has 0 aromatic carbocycles. The second kappa shape index (κ2) is 9.75. The van der Waals surface area contributed by atoms with Gasteiger partial charge in [0.05, 0.1) is 6.10 Å². The molecule has 1 saturated heterocycles. The van der Waals surface area contributed by atoms with Crippen molar-refractivity contribution < 1.29 is 24.6 Å². The van der Waals surface area contributed by atoms with Gasteiger partial charge >= 0.3 is 12.0 Å². The largest absolute Gasteiger partial charge is 0.481 e. The molecule has 0 bridgehead atoms. The van der Waals surface area contributed by atoms with E-state index in [2.05, 4.69) is 5.32 Å². The third-order valence-electron chi connectivity index (χ3n) is 5.40. The van der Waals surface area contributed by atoms with Crippen molar-refractivity contribution in [3.63, 3.8) is 0 Å². The Bertz CT molecular complexity index is 476. The number of aliphatic hydroxyl groups is 1. The van der Waals surface area contributed by atoms with Crippen LogP contribution >= 0.6 is 0 Å². The van der Waals surface area contributed by atoms with Crippen molar-refractivity contribution in [3.05, 3.63) is 0 Å². The molecule has 0 aromatic heterocycles. The molecule has 2 rings (SSSR count). The molecule has 3 amide bonds. The van der Waals surface area contributed by atoms with Gasteiger partial charge in [0, 0.05) is 13.0 Å². The van der Waals surface area contributed by atoms with Crippen LogP contribution in [0.5, 0.6) is 0 Å². The molecule has 1 aliphatic carbocycles. The summed E-state index contributed by atoms with van der Waals surface area (Å²) < 4.78 is 0. The highest BCUT2D eigenvalue weighted by molar-refractivity contribution is 6.04. The molecule has 7 nitrogen and oxygen atoms in total. The van der Waals surface area contributed by atoms with E-state index >= 15 is 0 Å². The van der Waals surface area contributed by atoms with Crippen LogP contribution in [0.2, 0.25) is 0 Å². The molecular weight excluding hydrogens is 324 g/mol. The van der Waals surface area contributed by atoms with E-state index in [-0.39, 0.29) is 18.4 Å². The molecule has 2 atom stereocenters. The number of hydrogen-bond acceptors (Lipinski definition) is 4. The van der Waals surface area contributed by atoms with Crippen molar-refractivity contribution in [1.82, 2.24) is 10.2 Å². The summed E-state index contributed by atoms with van der Waals surface area (Å²) in [6.45, 7) is 0.384. The molecule has 2 aliphatic rings. The van der Waals surface area contributed by atoms with Crippen molar-refractivity contribution in [2.24, 2.45) is 5.92 Å². The first-order valence-corrected chi connectivity index (χ1v) is 9.50. The third kappa shape index (κ3) is 5.99. The number of nitrogens with zero attached hydrogens (tertiary/aromatic N) is 1. The second-order valence-electron chi connectivity index (χ2n) is 7.25. The molecule has 2 fully saturated rings. The van der Waals surface area contributed by atoms with E-state index in [4.69, 9.17) is 5.11 Å². The first-order chi connectivity index (χ1) is 12.0. The van der Waals surface area contributed by atoms with Crippen LogP contribution in [0.4, 0.5) is 4.79 Å². The Hall–Kier alpha value is -1.63. The number of imide groups is 1. The van der Waals surface area contributed by atoms with Crippen molar-refractivity contribution in [2.45, 2.75) is 82.8 Å². The Kier molecular flexibility index (Phi) is 7.68. The molecule has 0 unspecified atom stereocenters. The lowest BCUT2D eigenvalue weighted by Crippen LogP contribution is -2.38. The van der Waals surface area contributed by atoms with E-state index in [1.807, 2.05) is 0 Å². The number of rotatable bonds is 10. The van der Waals surface area contributed by atoms with Gasteiger partial charge in [-0.25, -0.2) is 4.79 Å². The number of nitrogens with one attached hydrogen (secondary N) is 1. The summed E-state index contributed by atoms with van der Waals surface area (Å²) in [4.78, 5) is 36.0. The third-order valence-corrected chi connectivity index (χ3v) is 5.40. The molecule has 0 spiro atoms. The zero-order valence-electron chi connectivity index (χ0n) is 14.8. The summed E-state index contributed by atoms with van der Waals surface area (Å²) in [5, 5.41) is 21.4. The van der Waals surface area contributed by atoms with Gasteiger partial charge in [0.2, 0.25) is 0 Å². The van der Waals surface area contributed by atoms with Gasteiger partial charge in [0.15, 0.2) is 0 Å². The average molecular weight is 354 g/mol. The van der Waals surface area contributed by atoms with Gasteiger partial charge in [-0.2, -0.15) is 0 Å². The van der Waals surface area contributed by atoms with Gasteiger partial charge in [0.1, 0.15) is 6.04 Å². The molecule has 1 saturated carbocycles. The van der Waals surface area contributed by atoms with Crippen molar-refractivity contribution >= 4 is 17.9 Å². The lowest BCUT2D eigenvalue weighted by atomic mass is 9.84. The first kappa shape index (κ1) is 19.7. The van der Waals surface area contributed by atoms with Gasteiger partial charge < -0.3 is 15.1 Å². The Morgan fingerprint density at radius 2 is 1.88 bits per heavy atom. The van der Waals surface area contributed by atoms with Crippen LogP contribution in [-0.2, 0) is 9.59 Å². The summed E-state index contributed by atoms with van der Waals surface area (Å²) >= 11 is 0. The molecule has 3 N–H and O–H groups in total. The van der Waals surface area contributed by atoms with Crippen molar-refractivity contribution in [2.75, 3.05) is 6.54 Å². The highest BCUT2D eigenvalue weighted by Gasteiger charge is 2.38. The summed E-state index contributed by atoms with van der Waals surface area (Å²) in [6.07, 6.45) is 8.40. The van der Waals surface area contributed by atoms with Gasteiger partial charge in [-0.05, 0) is 38.0 Å². The first-order valence-electron chi connectivity index (χ1n) is 9.50. The molecule has 7 heteroatoms. The molecular formula is C18H30N2O5. The van der Waals surface area contributed by atoms with E-state index in [9.17, 15) is 19.5 Å². The number of aliphatic carboxylic acids is 1. The zero-order valence-corrected chi connectivity index (χ0v) is 14.8. The topological polar surface area (TPSA) is 107 Å². The standard InChI is InChI=1S/C18H30N2O5/c21-15(13-7-3-1-4-8-13)11-12-20-14(17(24)19-18(20)25)9-5-2-6-10-16(22)23/h13-15,21H,1-12H2,(H,22,23)(H,19,24,25)/t14-,15+/m0/s1. The van der Waals surface area contributed by atoms with E-state index in [0.29, 0.717) is 38.1 Å². The van der Waals surface area contributed by atoms with E-state index in [0.717, 1.165) is 32.1 Å². The molecule has 142 valence electrons. The predicted molar refractivity (Wildman–Crippen MR) is 92.0 cm³/mol. The highest BCUT2D eigenvalue weighted by atomic mass is 16.4. The predicted octanol–water partition coefficient (Wildman–Crippen LogP) is 2.27. The SMILES string of the molecule is O=C(O)CCCCC[C@H]1C(=O)NC(=O)N1CC[C@@H](O)C1CCCCC1. The van der Waals surface area contributed by atoms with Crippen molar-refractivity contribution in [1.29, 1.82) is 0 Å². The number of amides is 3. The van der Waals surface area contributed by atoms with Gasteiger partial charge in [-0.3, -0.25) is 14.9 Å². The number of carboxylic acid groups (broad SMARTS) is 1. The summed E-state index contributed by atoms with van der Waals surface area (Å²) in [5.41, 5.74) is 0. The number of carbonyl (C=O) groups excluding carboxylic acids is 2. The molecule has 0 radical (unpaired) electrons. The average Bonchev–Trinajstić information content (AvgIpc) is 2.86. The Balaban J connectivity index is 1.76. The van der Waals surface area contributed by atoms with Gasteiger partial charge in [0.25, 0.3) is 5.91 Å². The van der Waals surface area contributed by atoms with Crippen LogP contribution in [0.25, 0.3) is 0 Å². The van der Waals surface area contributed by atoms with Gasteiger partial charge in [-0.1, -0.05) is 32.1 Å². The lowest BCUT2D eigenvalue weighted by Gasteiger charge is -2.29. The molecule has 1 heterocycles. The van der Waals surface area contributed by atoms with E-state index in [1.165, 1.54) is 11.3 Å². The lowest BCUT2D eigenvalue weighted by molar-refractivity contribution is -0.137. The summed E-state index contributed by atoms with van der Waals surface area (Å²) in [5.74, 6) is -0.785. The maximum absolute atomic E-state index is 12.0. The Morgan fingerprint density at radius 3 is 2.56 bits per heavy atom. The number of hydrogen-bond donors (Lipinski definition) is 3. The Labute approximate surface area is 148 Å².